The molecule has 5 heteroatoms. The van der Waals surface area contributed by atoms with Gasteiger partial charge in [0.1, 0.15) is 6.04 Å². The molecule has 1 aromatic heterocycles. The molecule has 2 atom stereocenters. The molecule has 4 nitrogen and oxygen atoms in total. The number of H-pyrrole nitrogens is 1. The van der Waals surface area contributed by atoms with Crippen LogP contribution in [-0.4, -0.2) is 34.8 Å². The highest BCUT2D eigenvalue weighted by atomic mass is 32.2. The molecule has 0 amide bonds. The Kier molecular flexibility index (Phi) is 6.51. The number of methoxy groups -OCH3 is 1. The van der Waals surface area contributed by atoms with E-state index in [0.29, 0.717) is 13.0 Å². The first-order valence-corrected chi connectivity index (χ1v) is 12.4. The number of benzene rings is 3. The molecule has 168 valence electrons. The van der Waals surface area contributed by atoms with Crippen molar-refractivity contribution in [2.24, 2.45) is 0 Å². The lowest BCUT2D eigenvalue weighted by Crippen LogP contribution is -2.48. The average molecular weight is 457 g/mol. The van der Waals surface area contributed by atoms with Gasteiger partial charge >= 0.3 is 5.97 Å². The molecule has 0 saturated heterocycles. The van der Waals surface area contributed by atoms with E-state index in [4.69, 9.17) is 4.74 Å². The molecule has 5 rings (SSSR count). The third-order valence-corrected chi connectivity index (χ3v) is 7.51. The second-order valence-corrected chi connectivity index (χ2v) is 9.60. The SMILES string of the molecule is COC(=O)[C@@H]1Cc2c([nH]c3ccccc23)[C@@H](CCSc2ccccc2)N1Cc1ccccc1. The van der Waals surface area contributed by atoms with Crippen molar-refractivity contribution in [1.82, 2.24) is 9.88 Å². The van der Waals surface area contributed by atoms with Gasteiger partial charge in [0.05, 0.1) is 13.2 Å². The summed E-state index contributed by atoms with van der Waals surface area (Å²) in [4.78, 5) is 20.3. The molecule has 0 bridgehead atoms. The van der Waals surface area contributed by atoms with Crippen molar-refractivity contribution < 1.29 is 9.53 Å². The number of aromatic amines is 1. The average Bonchev–Trinajstić information content (AvgIpc) is 3.24. The number of fused-ring (bicyclic) bond motifs is 3. The van der Waals surface area contributed by atoms with Gasteiger partial charge in [-0.25, -0.2) is 0 Å². The molecule has 0 fully saturated rings. The number of carbonyl (C=O) groups is 1. The molecule has 33 heavy (non-hydrogen) atoms. The van der Waals surface area contributed by atoms with Crippen molar-refractivity contribution in [1.29, 1.82) is 0 Å². The number of carbonyl (C=O) groups excluding carboxylic acids is 1. The Bertz CT molecular complexity index is 1220. The Hall–Kier alpha value is -3.02. The lowest BCUT2D eigenvalue weighted by Gasteiger charge is -2.41. The highest BCUT2D eigenvalue weighted by Crippen LogP contribution is 2.41. The van der Waals surface area contributed by atoms with Gasteiger partial charge < -0.3 is 9.72 Å². The zero-order valence-corrected chi connectivity index (χ0v) is 19.6. The number of hydrogen-bond donors (Lipinski definition) is 1. The first kappa shape index (κ1) is 21.8. The number of aromatic nitrogens is 1. The van der Waals surface area contributed by atoms with Crippen molar-refractivity contribution >= 4 is 28.6 Å². The second-order valence-electron chi connectivity index (χ2n) is 8.43. The Morgan fingerprint density at radius 3 is 2.45 bits per heavy atom. The molecular weight excluding hydrogens is 428 g/mol. The van der Waals surface area contributed by atoms with Crippen LogP contribution < -0.4 is 0 Å². The third kappa shape index (κ3) is 4.56. The molecule has 0 unspecified atom stereocenters. The highest BCUT2D eigenvalue weighted by Gasteiger charge is 2.40. The minimum Gasteiger partial charge on any atom is -0.468 e. The summed E-state index contributed by atoms with van der Waals surface area (Å²) < 4.78 is 5.29. The first-order valence-electron chi connectivity index (χ1n) is 11.4. The number of esters is 1. The molecule has 1 N–H and O–H groups in total. The normalized spacial score (nSPS) is 18.2. The summed E-state index contributed by atoms with van der Waals surface area (Å²) in [5, 5.41) is 1.21. The van der Waals surface area contributed by atoms with Crippen LogP contribution in [0.4, 0.5) is 0 Å². The predicted octanol–water partition coefficient (Wildman–Crippen LogP) is 5.99. The first-order chi connectivity index (χ1) is 16.2. The van der Waals surface area contributed by atoms with Crippen LogP contribution in [0.3, 0.4) is 0 Å². The minimum absolute atomic E-state index is 0.0988. The summed E-state index contributed by atoms with van der Waals surface area (Å²) in [6.45, 7) is 0.704. The molecule has 1 aliphatic rings. The van der Waals surface area contributed by atoms with E-state index in [2.05, 4.69) is 82.7 Å². The van der Waals surface area contributed by atoms with Crippen molar-refractivity contribution in [3.05, 3.63) is 102 Å². The van der Waals surface area contributed by atoms with Gasteiger partial charge in [-0.1, -0.05) is 66.7 Å². The Balaban J connectivity index is 1.52. The van der Waals surface area contributed by atoms with Gasteiger partial charge in [0, 0.05) is 34.5 Å². The fourth-order valence-electron chi connectivity index (χ4n) is 4.90. The van der Waals surface area contributed by atoms with Gasteiger partial charge in [-0.2, -0.15) is 0 Å². The lowest BCUT2D eigenvalue weighted by molar-refractivity contribution is -0.149. The van der Waals surface area contributed by atoms with Crippen molar-refractivity contribution in [3.63, 3.8) is 0 Å². The van der Waals surface area contributed by atoms with Crippen LogP contribution in [0, 0.1) is 0 Å². The van der Waals surface area contributed by atoms with E-state index in [1.807, 2.05) is 23.9 Å². The third-order valence-electron chi connectivity index (χ3n) is 6.46. The van der Waals surface area contributed by atoms with Gasteiger partial charge in [0.2, 0.25) is 0 Å². The molecule has 3 aromatic carbocycles. The van der Waals surface area contributed by atoms with Crippen LogP contribution in [0.25, 0.3) is 10.9 Å². The summed E-state index contributed by atoms with van der Waals surface area (Å²) in [7, 11) is 1.49. The Morgan fingerprint density at radius 2 is 1.70 bits per heavy atom. The molecule has 0 spiro atoms. The molecule has 0 radical (unpaired) electrons. The summed E-state index contributed by atoms with van der Waals surface area (Å²) in [6.07, 6.45) is 1.58. The fourth-order valence-corrected chi connectivity index (χ4v) is 5.83. The summed E-state index contributed by atoms with van der Waals surface area (Å²) in [6, 6.07) is 29.1. The molecule has 4 aromatic rings. The number of thioether (sulfide) groups is 1. The summed E-state index contributed by atoms with van der Waals surface area (Å²) >= 11 is 1.86. The van der Waals surface area contributed by atoms with E-state index < -0.39 is 0 Å². The van der Waals surface area contributed by atoms with Crippen molar-refractivity contribution in [3.8, 4) is 0 Å². The number of rotatable bonds is 7. The van der Waals surface area contributed by atoms with E-state index in [0.717, 1.165) is 17.7 Å². The lowest BCUT2D eigenvalue weighted by atomic mass is 9.89. The maximum absolute atomic E-state index is 13.0. The maximum Gasteiger partial charge on any atom is 0.323 e. The number of nitrogens with one attached hydrogen (secondary N) is 1. The van der Waals surface area contributed by atoms with Gasteiger partial charge in [-0.05, 0) is 41.5 Å². The highest BCUT2D eigenvalue weighted by molar-refractivity contribution is 7.99. The largest absolute Gasteiger partial charge is 0.468 e. The second kappa shape index (κ2) is 9.86. The van der Waals surface area contributed by atoms with E-state index in [1.165, 1.54) is 34.2 Å². The number of nitrogens with zero attached hydrogens (tertiary/aromatic N) is 1. The van der Waals surface area contributed by atoms with Gasteiger partial charge in [0.15, 0.2) is 0 Å². The van der Waals surface area contributed by atoms with Crippen LogP contribution in [0.15, 0.2) is 89.8 Å². The number of para-hydroxylation sites is 1. The molecular formula is C28H28N2O2S. The van der Waals surface area contributed by atoms with E-state index in [1.54, 1.807) is 0 Å². The molecule has 1 aliphatic heterocycles. The zero-order valence-electron chi connectivity index (χ0n) is 18.7. The smallest absolute Gasteiger partial charge is 0.323 e. The van der Waals surface area contributed by atoms with Crippen LogP contribution >= 0.6 is 11.8 Å². The van der Waals surface area contributed by atoms with E-state index in [-0.39, 0.29) is 18.1 Å². The number of ether oxygens (including phenoxy) is 1. The standard InChI is InChI=1S/C28H28N2O2S/c1-32-28(31)26-18-23-22-14-8-9-15-24(22)29-27(23)25(16-17-33-21-12-6-3-7-13-21)30(26)19-20-10-4-2-5-11-20/h2-15,25-26,29H,16-19H2,1H3/t25-,26+/m1/s1. The summed E-state index contributed by atoms with van der Waals surface area (Å²) in [5.74, 6) is 0.797. The summed E-state index contributed by atoms with van der Waals surface area (Å²) in [5.41, 5.74) is 4.82. The number of hydrogen-bond acceptors (Lipinski definition) is 4. The van der Waals surface area contributed by atoms with E-state index >= 15 is 0 Å². The van der Waals surface area contributed by atoms with Crippen LogP contribution in [0.1, 0.15) is 29.3 Å². The monoisotopic (exact) mass is 456 g/mol. The van der Waals surface area contributed by atoms with Crippen molar-refractivity contribution in [2.45, 2.75) is 36.4 Å². The van der Waals surface area contributed by atoms with Gasteiger partial charge in [-0.15, -0.1) is 11.8 Å². The van der Waals surface area contributed by atoms with Gasteiger partial charge in [0.25, 0.3) is 0 Å². The molecule has 0 saturated carbocycles. The maximum atomic E-state index is 13.0. The van der Waals surface area contributed by atoms with Crippen LogP contribution in [0.2, 0.25) is 0 Å². The zero-order chi connectivity index (χ0) is 22.6. The topological polar surface area (TPSA) is 45.3 Å². The molecule has 2 heterocycles. The molecule has 0 aliphatic carbocycles. The van der Waals surface area contributed by atoms with Crippen LogP contribution in [0.5, 0.6) is 0 Å². The van der Waals surface area contributed by atoms with Crippen LogP contribution in [-0.2, 0) is 22.5 Å². The van der Waals surface area contributed by atoms with Gasteiger partial charge in [-0.3, -0.25) is 9.69 Å². The van der Waals surface area contributed by atoms with E-state index in [9.17, 15) is 4.79 Å². The van der Waals surface area contributed by atoms with Crippen molar-refractivity contribution in [2.75, 3.05) is 12.9 Å². The Labute approximate surface area is 199 Å². The Morgan fingerprint density at radius 1 is 1.00 bits per heavy atom. The predicted molar refractivity (Wildman–Crippen MR) is 134 cm³/mol. The minimum atomic E-state index is -0.311. The fraction of sp³-hybridized carbons (Fsp3) is 0.250. The quantitative estimate of drug-likeness (QED) is 0.274.